The Labute approximate surface area is 106 Å². The first-order chi connectivity index (χ1) is 8.60. The van der Waals surface area contributed by atoms with E-state index in [1.54, 1.807) is 35.1 Å². The van der Waals surface area contributed by atoms with Crippen LogP contribution in [0.4, 0.5) is 11.4 Å². The molecule has 1 heterocycles. The van der Waals surface area contributed by atoms with Crippen molar-refractivity contribution in [1.82, 2.24) is 9.78 Å². The highest BCUT2D eigenvalue weighted by atomic mass is 16.1. The van der Waals surface area contributed by atoms with E-state index in [4.69, 9.17) is 5.73 Å². The smallest absolute Gasteiger partial charge is 0.255 e. The highest BCUT2D eigenvalue weighted by molar-refractivity contribution is 6.04. The Morgan fingerprint density at radius 2 is 2.06 bits per heavy atom. The molecule has 0 unspecified atom stereocenters. The maximum atomic E-state index is 12.0. The van der Waals surface area contributed by atoms with E-state index < -0.39 is 0 Å². The summed E-state index contributed by atoms with van der Waals surface area (Å²) in [4.78, 5) is 12.0. The SMILES string of the molecule is CCc1nn(C)cc1NC(=O)c1ccc(N)cc1. The van der Waals surface area contributed by atoms with Crippen LogP contribution < -0.4 is 11.1 Å². The van der Waals surface area contributed by atoms with Crippen LogP contribution in [0.5, 0.6) is 0 Å². The highest BCUT2D eigenvalue weighted by Gasteiger charge is 2.10. The Kier molecular flexibility index (Phi) is 3.32. The summed E-state index contributed by atoms with van der Waals surface area (Å²) in [5.74, 6) is -0.155. The van der Waals surface area contributed by atoms with Gasteiger partial charge in [0.15, 0.2) is 0 Å². The average molecular weight is 244 g/mol. The fourth-order valence-corrected chi connectivity index (χ4v) is 1.73. The predicted molar refractivity (Wildman–Crippen MR) is 71.4 cm³/mol. The third-order valence-electron chi connectivity index (χ3n) is 2.66. The van der Waals surface area contributed by atoms with Crippen molar-refractivity contribution in [2.45, 2.75) is 13.3 Å². The number of carbonyl (C=O) groups is 1. The standard InChI is InChI=1S/C13H16N4O/c1-3-11-12(8-17(2)16-11)15-13(18)9-4-6-10(14)7-5-9/h4-8H,3,14H2,1-2H3,(H,15,18). The molecule has 0 radical (unpaired) electrons. The first-order valence-corrected chi connectivity index (χ1v) is 5.79. The van der Waals surface area contributed by atoms with Gasteiger partial charge in [0.25, 0.3) is 5.91 Å². The molecule has 0 atom stereocenters. The van der Waals surface area contributed by atoms with Crippen LogP contribution in [-0.4, -0.2) is 15.7 Å². The Bertz CT molecular complexity index is 557. The third kappa shape index (κ3) is 2.51. The number of amides is 1. The Morgan fingerprint density at radius 3 is 2.67 bits per heavy atom. The van der Waals surface area contributed by atoms with Gasteiger partial charge in [-0.15, -0.1) is 0 Å². The van der Waals surface area contributed by atoms with E-state index in [0.717, 1.165) is 17.8 Å². The van der Waals surface area contributed by atoms with E-state index in [2.05, 4.69) is 10.4 Å². The Hall–Kier alpha value is -2.30. The van der Waals surface area contributed by atoms with Crippen molar-refractivity contribution in [3.63, 3.8) is 0 Å². The molecule has 5 heteroatoms. The van der Waals surface area contributed by atoms with Crippen LogP contribution in [0.25, 0.3) is 0 Å². The molecule has 0 aliphatic carbocycles. The zero-order valence-corrected chi connectivity index (χ0v) is 10.5. The lowest BCUT2D eigenvalue weighted by molar-refractivity contribution is 0.102. The second-order valence-electron chi connectivity index (χ2n) is 4.09. The molecule has 5 nitrogen and oxygen atoms in total. The van der Waals surface area contributed by atoms with Crippen molar-refractivity contribution in [3.05, 3.63) is 41.7 Å². The number of carbonyl (C=O) groups excluding carboxylic acids is 1. The third-order valence-corrected chi connectivity index (χ3v) is 2.66. The molecule has 2 aromatic rings. The van der Waals surface area contributed by atoms with Crippen LogP contribution in [0, 0.1) is 0 Å². The Balaban J connectivity index is 2.18. The van der Waals surface area contributed by atoms with Gasteiger partial charge in [-0.1, -0.05) is 6.92 Å². The second kappa shape index (κ2) is 4.91. The Morgan fingerprint density at radius 1 is 1.39 bits per heavy atom. The molecule has 0 aliphatic heterocycles. The van der Waals surface area contributed by atoms with Crippen LogP contribution in [0.15, 0.2) is 30.5 Å². The number of aryl methyl sites for hydroxylation is 2. The number of nitrogens with zero attached hydrogens (tertiary/aromatic N) is 2. The number of rotatable bonds is 3. The molecule has 3 N–H and O–H groups in total. The molecule has 1 aromatic heterocycles. The van der Waals surface area contributed by atoms with Crippen molar-refractivity contribution in [2.75, 3.05) is 11.1 Å². The molecule has 0 spiro atoms. The molecule has 0 bridgehead atoms. The molecule has 2 rings (SSSR count). The topological polar surface area (TPSA) is 72.9 Å². The second-order valence-corrected chi connectivity index (χ2v) is 4.09. The molecule has 94 valence electrons. The molecule has 0 saturated heterocycles. The average Bonchev–Trinajstić information content (AvgIpc) is 2.70. The summed E-state index contributed by atoms with van der Waals surface area (Å²) >= 11 is 0. The van der Waals surface area contributed by atoms with Crippen molar-refractivity contribution in [2.24, 2.45) is 7.05 Å². The molecule has 1 aromatic carbocycles. The van der Waals surface area contributed by atoms with Gasteiger partial charge in [0.1, 0.15) is 0 Å². The maximum Gasteiger partial charge on any atom is 0.255 e. The molecular weight excluding hydrogens is 228 g/mol. The largest absolute Gasteiger partial charge is 0.399 e. The van der Waals surface area contributed by atoms with Gasteiger partial charge in [-0.25, -0.2) is 0 Å². The number of anilines is 2. The summed E-state index contributed by atoms with van der Waals surface area (Å²) in [5.41, 5.74) is 8.43. The zero-order chi connectivity index (χ0) is 13.1. The van der Waals surface area contributed by atoms with Crippen molar-refractivity contribution in [1.29, 1.82) is 0 Å². The van der Waals surface area contributed by atoms with Gasteiger partial charge < -0.3 is 11.1 Å². The quantitative estimate of drug-likeness (QED) is 0.809. The molecule has 0 aliphatic rings. The monoisotopic (exact) mass is 244 g/mol. The van der Waals surface area contributed by atoms with Crippen LogP contribution in [0.1, 0.15) is 23.0 Å². The summed E-state index contributed by atoms with van der Waals surface area (Å²) in [5, 5.41) is 7.13. The van der Waals surface area contributed by atoms with Gasteiger partial charge in [-0.3, -0.25) is 9.48 Å². The first-order valence-electron chi connectivity index (χ1n) is 5.79. The fourth-order valence-electron chi connectivity index (χ4n) is 1.73. The summed E-state index contributed by atoms with van der Waals surface area (Å²) < 4.78 is 1.69. The van der Waals surface area contributed by atoms with E-state index in [1.807, 2.05) is 14.0 Å². The van der Waals surface area contributed by atoms with E-state index >= 15 is 0 Å². The zero-order valence-electron chi connectivity index (χ0n) is 10.5. The van der Waals surface area contributed by atoms with Crippen LogP contribution in [0.3, 0.4) is 0 Å². The van der Waals surface area contributed by atoms with Crippen LogP contribution >= 0.6 is 0 Å². The number of nitrogens with one attached hydrogen (secondary N) is 1. The fraction of sp³-hybridized carbons (Fsp3) is 0.231. The number of hydrogen-bond donors (Lipinski definition) is 2. The number of benzene rings is 1. The van der Waals surface area contributed by atoms with Crippen LogP contribution in [-0.2, 0) is 13.5 Å². The number of nitrogen functional groups attached to an aromatic ring is 1. The molecular formula is C13H16N4O. The first kappa shape index (κ1) is 12.2. The normalized spacial score (nSPS) is 10.3. The predicted octanol–water partition coefficient (Wildman–Crippen LogP) is 1.82. The van der Waals surface area contributed by atoms with E-state index in [9.17, 15) is 4.79 Å². The van der Waals surface area contributed by atoms with Crippen LogP contribution in [0.2, 0.25) is 0 Å². The summed E-state index contributed by atoms with van der Waals surface area (Å²) in [6.07, 6.45) is 2.58. The minimum atomic E-state index is -0.155. The summed E-state index contributed by atoms with van der Waals surface area (Å²) in [6, 6.07) is 6.82. The highest BCUT2D eigenvalue weighted by Crippen LogP contribution is 2.15. The van der Waals surface area contributed by atoms with Gasteiger partial charge in [-0.2, -0.15) is 5.10 Å². The molecule has 1 amide bonds. The lowest BCUT2D eigenvalue weighted by Crippen LogP contribution is -2.12. The summed E-state index contributed by atoms with van der Waals surface area (Å²) in [7, 11) is 1.83. The minimum absolute atomic E-state index is 0.155. The lowest BCUT2D eigenvalue weighted by Gasteiger charge is -2.04. The van der Waals surface area contributed by atoms with Gasteiger partial charge in [0.05, 0.1) is 11.4 Å². The molecule has 0 fully saturated rings. The van der Waals surface area contributed by atoms with E-state index in [-0.39, 0.29) is 5.91 Å². The van der Waals surface area contributed by atoms with Crippen molar-refractivity contribution >= 4 is 17.3 Å². The lowest BCUT2D eigenvalue weighted by atomic mass is 10.2. The van der Waals surface area contributed by atoms with Gasteiger partial charge in [0.2, 0.25) is 0 Å². The van der Waals surface area contributed by atoms with Crippen molar-refractivity contribution < 1.29 is 4.79 Å². The number of nitrogens with two attached hydrogens (primary N) is 1. The van der Waals surface area contributed by atoms with Gasteiger partial charge >= 0.3 is 0 Å². The number of aromatic nitrogens is 2. The van der Waals surface area contributed by atoms with Gasteiger partial charge in [-0.05, 0) is 30.7 Å². The number of hydrogen-bond acceptors (Lipinski definition) is 3. The minimum Gasteiger partial charge on any atom is -0.399 e. The maximum absolute atomic E-state index is 12.0. The van der Waals surface area contributed by atoms with E-state index in [0.29, 0.717) is 11.3 Å². The van der Waals surface area contributed by atoms with Gasteiger partial charge in [0, 0.05) is 24.5 Å². The van der Waals surface area contributed by atoms with Crippen molar-refractivity contribution in [3.8, 4) is 0 Å². The molecule has 18 heavy (non-hydrogen) atoms. The molecule has 0 saturated carbocycles. The van der Waals surface area contributed by atoms with E-state index in [1.165, 1.54) is 0 Å². The summed E-state index contributed by atoms with van der Waals surface area (Å²) in [6.45, 7) is 2.00.